The van der Waals surface area contributed by atoms with Crippen LogP contribution in [0.2, 0.25) is 5.02 Å². The number of hydrogen-bond donors (Lipinski definition) is 2. The van der Waals surface area contributed by atoms with Crippen LogP contribution in [0, 0.1) is 6.92 Å². The number of pyridine rings is 1. The third-order valence-corrected chi connectivity index (χ3v) is 6.02. The highest BCUT2D eigenvalue weighted by Crippen LogP contribution is 2.23. The number of sulfonamides is 1. The molecule has 0 saturated heterocycles. The second-order valence-corrected chi connectivity index (χ2v) is 8.82. The van der Waals surface area contributed by atoms with Crippen molar-refractivity contribution in [3.05, 3.63) is 82.5 Å². The average Bonchev–Trinajstić information content (AvgIpc) is 2.72. The molecule has 3 rings (SSSR count). The van der Waals surface area contributed by atoms with Gasteiger partial charge in [0.2, 0.25) is 5.88 Å². The number of benzene rings is 2. The van der Waals surface area contributed by atoms with Crippen molar-refractivity contribution in [2.45, 2.75) is 25.3 Å². The molecular weight excluding hydrogens is 438 g/mol. The third-order valence-electron chi connectivity index (χ3n) is 4.31. The first kappa shape index (κ1) is 22.6. The van der Waals surface area contributed by atoms with E-state index in [4.69, 9.17) is 16.3 Å². The Balaban J connectivity index is 1.77. The van der Waals surface area contributed by atoms with Crippen LogP contribution in [0.25, 0.3) is 0 Å². The van der Waals surface area contributed by atoms with Crippen molar-refractivity contribution in [1.82, 2.24) is 10.3 Å². The zero-order valence-electron chi connectivity index (χ0n) is 17.1. The molecule has 162 valence electrons. The van der Waals surface area contributed by atoms with Gasteiger partial charge in [-0.25, -0.2) is 13.4 Å². The smallest absolute Gasteiger partial charge is 0.261 e. The molecule has 2 aromatic carbocycles. The number of hydrogen-bond acceptors (Lipinski definition) is 5. The standard InChI is InChI=1S/C22H22ClN3O4S/c1-3-30-21-12-16(9-10-24-21)14-25-22(27)19-13-18(7-8-20(19)23)31(28,29)26-17-6-4-5-15(2)11-17/h4-13,26H,3,14H2,1-2H3,(H,25,27). The lowest BCUT2D eigenvalue weighted by molar-refractivity contribution is 0.0950. The monoisotopic (exact) mass is 459 g/mol. The van der Waals surface area contributed by atoms with Gasteiger partial charge in [-0.05, 0) is 61.4 Å². The van der Waals surface area contributed by atoms with Crippen molar-refractivity contribution in [2.24, 2.45) is 0 Å². The summed E-state index contributed by atoms with van der Waals surface area (Å²) in [6.07, 6.45) is 1.59. The quantitative estimate of drug-likeness (QED) is 0.526. The fourth-order valence-corrected chi connectivity index (χ4v) is 4.11. The lowest BCUT2D eigenvalue weighted by atomic mass is 10.2. The predicted octanol–water partition coefficient (Wildman–Crippen LogP) is 4.17. The van der Waals surface area contributed by atoms with E-state index in [0.717, 1.165) is 11.1 Å². The maximum atomic E-state index is 12.8. The minimum Gasteiger partial charge on any atom is -0.478 e. The Morgan fingerprint density at radius 2 is 1.94 bits per heavy atom. The molecule has 31 heavy (non-hydrogen) atoms. The Morgan fingerprint density at radius 3 is 2.68 bits per heavy atom. The third kappa shape index (κ3) is 5.96. The zero-order valence-corrected chi connectivity index (χ0v) is 18.6. The maximum absolute atomic E-state index is 12.8. The minimum absolute atomic E-state index is 0.0628. The number of amides is 1. The van der Waals surface area contributed by atoms with E-state index in [1.165, 1.54) is 18.2 Å². The second-order valence-electron chi connectivity index (χ2n) is 6.73. The number of aryl methyl sites for hydroxylation is 1. The number of aromatic nitrogens is 1. The van der Waals surface area contributed by atoms with Gasteiger partial charge in [0.05, 0.1) is 22.1 Å². The number of ether oxygens (including phenoxy) is 1. The number of carbonyl (C=O) groups excluding carboxylic acids is 1. The fraction of sp³-hybridized carbons (Fsp3) is 0.182. The van der Waals surface area contributed by atoms with Crippen molar-refractivity contribution in [3.63, 3.8) is 0 Å². The van der Waals surface area contributed by atoms with E-state index in [0.29, 0.717) is 18.2 Å². The molecule has 0 saturated carbocycles. The molecule has 0 fully saturated rings. The Hall–Kier alpha value is -3.10. The Bertz CT molecular complexity index is 1200. The number of nitrogens with one attached hydrogen (secondary N) is 2. The molecule has 0 atom stereocenters. The van der Waals surface area contributed by atoms with E-state index in [1.54, 1.807) is 36.5 Å². The van der Waals surface area contributed by atoms with Gasteiger partial charge in [-0.2, -0.15) is 0 Å². The molecule has 0 aliphatic rings. The largest absolute Gasteiger partial charge is 0.478 e. The highest BCUT2D eigenvalue weighted by Gasteiger charge is 2.19. The van der Waals surface area contributed by atoms with E-state index in [9.17, 15) is 13.2 Å². The van der Waals surface area contributed by atoms with Crippen LogP contribution in [0.4, 0.5) is 5.69 Å². The molecule has 0 radical (unpaired) electrons. The minimum atomic E-state index is -3.90. The molecule has 0 aliphatic carbocycles. The summed E-state index contributed by atoms with van der Waals surface area (Å²) in [4.78, 5) is 16.7. The summed E-state index contributed by atoms with van der Waals surface area (Å²) >= 11 is 6.16. The zero-order chi connectivity index (χ0) is 22.4. The summed E-state index contributed by atoms with van der Waals surface area (Å²) in [6, 6.07) is 14.5. The number of anilines is 1. The van der Waals surface area contributed by atoms with Crippen LogP contribution in [-0.2, 0) is 16.6 Å². The van der Waals surface area contributed by atoms with Crippen LogP contribution >= 0.6 is 11.6 Å². The van der Waals surface area contributed by atoms with Crippen LogP contribution in [-0.4, -0.2) is 25.9 Å². The van der Waals surface area contributed by atoms with Gasteiger partial charge < -0.3 is 10.1 Å². The number of rotatable bonds is 8. The van der Waals surface area contributed by atoms with Gasteiger partial charge in [0.25, 0.3) is 15.9 Å². The van der Waals surface area contributed by atoms with Crippen molar-refractivity contribution >= 4 is 33.2 Å². The molecule has 0 spiro atoms. The topological polar surface area (TPSA) is 97.4 Å². The highest BCUT2D eigenvalue weighted by atomic mass is 35.5. The number of halogens is 1. The maximum Gasteiger partial charge on any atom is 0.261 e. The lowest BCUT2D eigenvalue weighted by Gasteiger charge is -2.12. The summed E-state index contributed by atoms with van der Waals surface area (Å²) in [6.45, 7) is 4.40. The summed E-state index contributed by atoms with van der Waals surface area (Å²) in [5.41, 5.74) is 2.20. The molecule has 9 heteroatoms. The van der Waals surface area contributed by atoms with Gasteiger partial charge in [-0.3, -0.25) is 9.52 Å². The van der Waals surface area contributed by atoms with Crippen molar-refractivity contribution in [1.29, 1.82) is 0 Å². The molecule has 1 heterocycles. The molecule has 7 nitrogen and oxygen atoms in total. The number of nitrogens with zero attached hydrogens (tertiary/aromatic N) is 1. The van der Waals surface area contributed by atoms with E-state index in [-0.39, 0.29) is 22.0 Å². The molecule has 0 bridgehead atoms. The van der Waals surface area contributed by atoms with E-state index >= 15 is 0 Å². The van der Waals surface area contributed by atoms with Gasteiger partial charge in [0.1, 0.15) is 0 Å². The Morgan fingerprint density at radius 1 is 1.13 bits per heavy atom. The summed E-state index contributed by atoms with van der Waals surface area (Å²) in [7, 11) is -3.90. The van der Waals surface area contributed by atoms with Crippen molar-refractivity contribution in [2.75, 3.05) is 11.3 Å². The van der Waals surface area contributed by atoms with Crippen LogP contribution in [0.15, 0.2) is 65.7 Å². The van der Waals surface area contributed by atoms with Crippen LogP contribution in [0.1, 0.15) is 28.4 Å². The first-order valence-electron chi connectivity index (χ1n) is 9.53. The van der Waals surface area contributed by atoms with Crippen LogP contribution in [0.3, 0.4) is 0 Å². The molecule has 0 aliphatic heterocycles. The molecule has 0 unspecified atom stereocenters. The van der Waals surface area contributed by atoms with Gasteiger partial charge in [0.15, 0.2) is 0 Å². The van der Waals surface area contributed by atoms with Crippen molar-refractivity contribution in [3.8, 4) is 5.88 Å². The predicted molar refractivity (Wildman–Crippen MR) is 120 cm³/mol. The van der Waals surface area contributed by atoms with Gasteiger partial charge in [0, 0.05) is 24.5 Å². The SMILES string of the molecule is CCOc1cc(CNC(=O)c2cc(S(=O)(=O)Nc3cccc(C)c3)ccc2Cl)ccn1. The van der Waals surface area contributed by atoms with Crippen LogP contribution < -0.4 is 14.8 Å². The first-order chi connectivity index (χ1) is 14.8. The normalized spacial score (nSPS) is 11.1. The Kier molecular flexibility index (Phi) is 7.14. The van der Waals surface area contributed by atoms with E-state index in [2.05, 4.69) is 15.0 Å². The van der Waals surface area contributed by atoms with E-state index in [1.807, 2.05) is 19.9 Å². The Labute approximate surface area is 186 Å². The number of carbonyl (C=O) groups is 1. The van der Waals surface area contributed by atoms with Gasteiger partial charge >= 0.3 is 0 Å². The molecule has 1 amide bonds. The molecular formula is C22H22ClN3O4S. The summed E-state index contributed by atoms with van der Waals surface area (Å²) in [5, 5.41) is 2.89. The van der Waals surface area contributed by atoms with Crippen molar-refractivity contribution < 1.29 is 17.9 Å². The molecule has 1 aromatic heterocycles. The first-order valence-corrected chi connectivity index (χ1v) is 11.4. The van der Waals surface area contributed by atoms with E-state index < -0.39 is 15.9 Å². The van der Waals surface area contributed by atoms with Gasteiger partial charge in [-0.1, -0.05) is 23.7 Å². The van der Waals surface area contributed by atoms with Gasteiger partial charge in [-0.15, -0.1) is 0 Å². The second kappa shape index (κ2) is 9.80. The lowest BCUT2D eigenvalue weighted by Crippen LogP contribution is -2.24. The summed E-state index contributed by atoms with van der Waals surface area (Å²) in [5.74, 6) is -0.0324. The summed E-state index contributed by atoms with van der Waals surface area (Å²) < 4.78 is 33.4. The molecule has 3 aromatic rings. The molecule has 2 N–H and O–H groups in total. The highest BCUT2D eigenvalue weighted by molar-refractivity contribution is 7.92. The fourth-order valence-electron chi connectivity index (χ4n) is 2.83. The average molecular weight is 460 g/mol. The van der Waals surface area contributed by atoms with Crippen LogP contribution in [0.5, 0.6) is 5.88 Å².